The van der Waals surface area contributed by atoms with Crippen LogP contribution in [0.2, 0.25) is 0 Å². The molecule has 1 saturated heterocycles. The van der Waals surface area contributed by atoms with Gasteiger partial charge in [0.1, 0.15) is 36.0 Å². The minimum Gasteiger partial charge on any atom is -0.508 e. The van der Waals surface area contributed by atoms with E-state index in [1.54, 1.807) is 60.7 Å². The largest absolute Gasteiger partial charge is 0.508 e. The fourth-order valence-electron chi connectivity index (χ4n) is 9.44. The second-order valence-electron chi connectivity index (χ2n) is 19.0. The molecule has 0 bridgehead atoms. The molecule has 400 valence electrons. The van der Waals surface area contributed by atoms with E-state index in [-0.39, 0.29) is 75.6 Å². The number of carbonyl (C=O) groups excluding carboxylic acids is 6. The van der Waals surface area contributed by atoms with Gasteiger partial charge in [0.25, 0.3) is 0 Å². The molecule has 1 aromatic heterocycles. The van der Waals surface area contributed by atoms with Gasteiger partial charge in [-0.2, -0.15) is 0 Å². The monoisotopic (exact) mass is 1030 g/mol. The van der Waals surface area contributed by atoms with Crippen molar-refractivity contribution in [3.05, 3.63) is 113 Å². The second-order valence-corrected chi connectivity index (χ2v) is 19.0. The number of guanidine groups is 1. The number of amides is 6. The number of aromatic hydroxyl groups is 1. The third-order valence-electron chi connectivity index (χ3n) is 13.5. The summed E-state index contributed by atoms with van der Waals surface area (Å²) in [5, 5.41) is 40.3. The Balaban J connectivity index is 1.29. The summed E-state index contributed by atoms with van der Waals surface area (Å²) in [4.78, 5) is 123. The van der Waals surface area contributed by atoms with E-state index in [0.717, 1.165) is 0 Å². The van der Waals surface area contributed by atoms with E-state index >= 15 is 9.59 Å². The zero-order chi connectivity index (χ0) is 54.3. The number of nitrogens with one attached hydrogen (secondary N) is 5. The number of rotatable bonds is 25. The number of imidazole rings is 1. The summed E-state index contributed by atoms with van der Waals surface area (Å²) in [6.45, 7) is 3.83. The Hall–Kier alpha value is -8.34. The first kappa shape index (κ1) is 56.0. The zero-order valence-corrected chi connectivity index (χ0v) is 41.8. The molecule has 2 aliphatic rings. The SMILES string of the molecule is CCC(C)[C@@H](C(=O)N[C@@H](Cc1cnc[nH]1)C(=O)N1CCC[C@H]1C(=O)N[C@@H](Cc1ccccc1)C(=O)O)N1Cc2cc(NC(=O)[C@H](CCCN=C(N)N)NC(=O)[C@@H](N)CC(=O)O)ccc2[C@@H](Cc2ccc(O)cc2)C1=O. The van der Waals surface area contributed by atoms with Crippen molar-refractivity contribution in [3.8, 4) is 5.75 Å². The third-order valence-corrected chi connectivity index (χ3v) is 13.5. The molecule has 2 aliphatic heterocycles. The number of aliphatic carboxylic acids is 2. The first-order valence-corrected chi connectivity index (χ1v) is 24.8. The molecule has 4 aromatic rings. The average Bonchev–Trinajstić information content (AvgIpc) is 4.09. The lowest BCUT2D eigenvalue weighted by molar-refractivity contribution is -0.147. The number of fused-ring (bicyclic) bond motifs is 1. The highest BCUT2D eigenvalue weighted by Crippen LogP contribution is 2.37. The highest BCUT2D eigenvalue weighted by Gasteiger charge is 2.44. The van der Waals surface area contributed by atoms with Crippen molar-refractivity contribution < 1.29 is 53.7 Å². The minimum atomic E-state index is -1.45. The summed E-state index contributed by atoms with van der Waals surface area (Å²) in [6, 6.07) is 12.7. The fourth-order valence-corrected chi connectivity index (χ4v) is 9.44. The third kappa shape index (κ3) is 15.1. The van der Waals surface area contributed by atoms with Gasteiger partial charge in [-0.15, -0.1) is 0 Å². The number of phenolic OH excluding ortho intramolecular Hbond substituents is 1. The quantitative estimate of drug-likeness (QED) is 0.0251. The number of nitrogens with zero attached hydrogens (tertiary/aromatic N) is 4. The van der Waals surface area contributed by atoms with E-state index in [9.17, 15) is 44.1 Å². The van der Waals surface area contributed by atoms with Crippen LogP contribution in [0.5, 0.6) is 5.75 Å². The number of aromatic nitrogens is 2. The van der Waals surface area contributed by atoms with Crippen molar-refractivity contribution >= 4 is 59.0 Å². The van der Waals surface area contributed by atoms with Crippen LogP contribution >= 0.6 is 0 Å². The van der Waals surface area contributed by atoms with Gasteiger partial charge in [0.05, 0.1) is 24.7 Å². The Labute approximate surface area is 433 Å². The van der Waals surface area contributed by atoms with Crippen LogP contribution in [0.4, 0.5) is 5.69 Å². The number of likely N-dealkylation sites (tertiary alicyclic amines) is 1. The summed E-state index contributed by atoms with van der Waals surface area (Å²) in [7, 11) is 0. The Morgan fingerprint density at radius 3 is 2.25 bits per heavy atom. The molecule has 23 nitrogen and oxygen atoms in total. The van der Waals surface area contributed by atoms with Crippen molar-refractivity contribution in [1.82, 2.24) is 35.7 Å². The molecule has 0 spiro atoms. The lowest BCUT2D eigenvalue weighted by atomic mass is 9.82. The van der Waals surface area contributed by atoms with Gasteiger partial charge >= 0.3 is 11.9 Å². The Morgan fingerprint density at radius 1 is 0.880 bits per heavy atom. The molecule has 6 amide bonds. The molecule has 3 aromatic carbocycles. The maximum atomic E-state index is 15.1. The maximum absolute atomic E-state index is 15.1. The van der Waals surface area contributed by atoms with Gasteiger partial charge in [0.2, 0.25) is 35.4 Å². The van der Waals surface area contributed by atoms with Crippen LogP contribution in [0.3, 0.4) is 0 Å². The summed E-state index contributed by atoms with van der Waals surface area (Å²) < 4.78 is 0. The van der Waals surface area contributed by atoms with Crippen molar-refractivity contribution in [1.29, 1.82) is 0 Å². The van der Waals surface area contributed by atoms with Gasteiger partial charge in [-0.1, -0.05) is 68.8 Å². The number of H-pyrrole nitrogens is 1. The van der Waals surface area contributed by atoms with Crippen molar-refractivity contribution in [2.45, 2.75) is 120 Å². The molecule has 0 radical (unpaired) electrons. The normalized spacial score (nSPS) is 17.5. The molecular formula is C52H66N12O11. The smallest absolute Gasteiger partial charge is 0.326 e. The molecule has 14 N–H and O–H groups in total. The van der Waals surface area contributed by atoms with Crippen molar-refractivity contribution in [2.24, 2.45) is 28.1 Å². The number of nitrogens with two attached hydrogens (primary N) is 3. The molecule has 1 unspecified atom stereocenters. The standard InChI is InChI=1S/C52H66N12O11/c1-3-29(2)44(48(71)61-40(24-34-26-56-28-58-34)50(73)63-20-8-12-42(63)47(70)62-41(51(74)75)22-30-9-5-4-6-10-30)64-27-32-23-33(15-18-36(32)37(49(64)72)21-31-13-16-35(65)17-14-31)59-46(69)39(11-7-19-57-52(54)55)60-45(68)38(53)25-43(66)67/h4-6,9-10,13-18,23,26,28-29,37-42,44,65H,3,7-8,11-12,19-22,24-25,27,53H2,1-2H3,(H,56,58)(H,59,69)(H,60,68)(H,61,71)(H,62,70)(H,66,67)(H,74,75)(H4,54,55,57)/t29?,37-,38+,39+,40+,41+,42+,44+/m1/s1. The number of benzene rings is 3. The van der Waals surface area contributed by atoms with E-state index in [4.69, 9.17) is 17.2 Å². The van der Waals surface area contributed by atoms with E-state index in [2.05, 4.69) is 36.2 Å². The second kappa shape index (κ2) is 26.0. The summed E-state index contributed by atoms with van der Waals surface area (Å²) in [5.74, 6) is -7.89. The number of aliphatic imine (C=N–C) groups is 1. The molecule has 8 atom stereocenters. The number of hydrogen-bond donors (Lipinski definition) is 11. The van der Waals surface area contributed by atoms with Gasteiger partial charge in [-0.05, 0) is 84.5 Å². The Bertz CT molecular complexity index is 2700. The number of phenols is 1. The molecule has 1 fully saturated rings. The van der Waals surface area contributed by atoms with E-state index < -0.39 is 102 Å². The van der Waals surface area contributed by atoms with Crippen molar-refractivity contribution in [3.63, 3.8) is 0 Å². The molecule has 3 heterocycles. The summed E-state index contributed by atoms with van der Waals surface area (Å²) >= 11 is 0. The van der Waals surface area contributed by atoms with Crippen molar-refractivity contribution in [2.75, 3.05) is 18.4 Å². The van der Waals surface area contributed by atoms with Crippen LogP contribution in [-0.2, 0) is 64.2 Å². The molecule has 0 aliphatic carbocycles. The van der Waals surface area contributed by atoms with E-state index in [0.29, 0.717) is 40.8 Å². The topological polar surface area (TPSA) is 371 Å². The number of aromatic amines is 1. The molecule has 0 saturated carbocycles. The lowest BCUT2D eigenvalue weighted by Gasteiger charge is -2.41. The average molecular weight is 1040 g/mol. The van der Waals surface area contributed by atoms with Crippen LogP contribution in [0.15, 0.2) is 90.3 Å². The zero-order valence-electron chi connectivity index (χ0n) is 41.8. The van der Waals surface area contributed by atoms with Gasteiger partial charge in [-0.3, -0.25) is 38.6 Å². The van der Waals surface area contributed by atoms with E-state index in [1.807, 2.05) is 13.8 Å². The van der Waals surface area contributed by atoms with Gasteiger partial charge < -0.3 is 68.6 Å². The number of anilines is 1. The summed E-state index contributed by atoms with van der Waals surface area (Å²) in [5.41, 5.74) is 20.1. The minimum absolute atomic E-state index is 0.0135. The maximum Gasteiger partial charge on any atom is 0.326 e. The van der Waals surface area contributed by atoms with E-state index in [1.165, 1.54) is 34.5 Å². The molecule has 75 heavy (non-hydrogen) atoms. The number of carboxylic acids is 2. The van der Waals surface area contributed by atoms with Crippen LogP contribution < -0.4 is 38.5 Å². The Morgan fingerprint density at radius 2 is 1.60 bits per heavy atom. The molecular weight excluding hydrogens is 969 g/mol. The first-order chi connectivity index (χ1) is 35.8. The van der Waals surface area contributed by atoms with Gasteiger partial charge in [-0.25, -0.2) is 9.78 Å². The van der Waals surface area contributed by atoms with Gasteiger partial charge in [0.15, 0.2) is 5.96 Å². The lowest BCUT2D eigenvalue weighted by Crippen LogP contribution is -2.60. The summed E-state index contributed by atoms with van der Waals surface area (Å²) in [6.07, 6.45) is 3.72. The number of carbonyl (C=O) groups is 8. The predicted molar refractivity (Wildman–Crippen MR) is 274 cm³/mol. The highest BCUT2D eigenvalue weighted by atomic mass is 16.4. The van der Waals surface area contributed by atoms with Crippen LogP contribution in [0.25, 0.3) is 0 Å². The molecule has 6 rings (SSSR count). The predicted octanol–water partition coefficient (Wildman–Crippen LogP) is 1.01. The van der Waals surface area contributed by atoms with Crippen LogP contribution in [-0.4, -0.2) is 138 Å². The van der Waals surface area contributed by atoms with Gasteiger partial charge in [0, 0.05) is 50.1 Å². The fraction of sp³-hybridized carbons (Fsp3) is 0.423. The first-order valence-electron chi connectivity index (χ1n) is 24.8. The number of hydrogen-bond acceptors (Lipinski definition) is 12. The van der Waals surface area contributed by atoms with Crippen LogP contribution in [0.1, 0.15) is 86.2 Å². The molecule has 23 heteroatoms. The number of carboxylic acid groups (broad SMARTS) is 2. The Kier molecular flexibility index (Phi) is 19.4. The van der Waals surface area contributed by atoms with Crippen LogP contribution in [0, 0.1) is 5.92 Å². The highest BCUT2D eigenvalue weighted by molar-refractivity contribution is 5.99.